The van der Waals surface area contributed by atoms with E-state index in [1.807, 2.05) is 37.3 Å². The third kappa shape index (κ3) is 3.50. The minimum atomic E-state index is -3.69. The van der Waals surface area contributed by atoms with Crippen LogP contribution in [-0.2, 0) is 10.0 Å². The second-order valence-corrected chi connectivity index (χ2v) is 6.25. The summed E-state index contributed by atoms with van der Waals surface area (Å²) in [5, 5.41) is 2.46. The standard InChI is InChI=1S/C14H16N2O4S/c1-10(11-6-4-3-5-7-11)16-14(17)12-8-9-13(20-12)21(18,19)15-2/h3-10,15H,1-2H3,(H,16,17)/t10-/m0/s1. The maximum Gasteiger partial charge on any atom is 0.287 e. The molecular formula is C14H16N2O4S. The topological polar surface area (TPSA) is 88.4 Å². The van der Waals surface area contributed by atoms with Gasteiger partial charge in [0.25, 0.3) is 15.9 Å². The molecule has 21 heavy (non-hydrogen) atoms. The fraction of sp³-hybridized carbons (Fsp3) is 0.214. The number of amides is 1. The van der Waals surface area contributed by atoms with Gasteiger partial charge in [0.2, 0.25) is 5.09 Å². The average Bonchev–Trinajstić information content (AvgIpc) is 2.99. The molecule has 0 saturated heterocycles. The number of furan rings is 1. The lowest BCUT2D eigenvalue weighted by atomic mass is 10.1. The van der Waals surface area contributed by atoms with Gasteiger partial charge in [-0.25, -0.2) is 13.1 Å². The number of sulfonamides is 1. The van der Waals surface area contributed by atoms with Crippen LogP contribution in [-0.4, -0.2) is 21.4 Å². The summed E-state index contributed by atoms with van der Waals surface area (Å²) in [6.07, 6.45) is 0. The van der Waals surface area contributed by atoms with Crippen molar-refractivity contribution in [3.05, 3.63) is 53.8 Å². The van der Waals surface area contributed by atoms with Crippen LogP contribution in [0.1, 0.15) is 29.1 Å². The SMILES string of the molecule is CNS(=O)(=O)c1ccc(C(=O)N[C@@H](C)c2ccccc2)o1. The van der Waals surface area contributed by atoms with Gasteiger partial charge in [0, 0.05) is 0 Å². The fourth-order valence-electron chi connectivity index (χ4n) is 1.78. The predicted molar refractivity (Wildman–Crippen MR) is 77.3 cm³/mol. The van der Waals surface area contributed by atoms with Gasteiger partial charge in [0.1, 0.15) is 0 Å². The smallest absolute Gasteiger partial charge is 0.287 e. The summed E-state index contributed by atoms with van der Waals surface area (Å²) in [6, 6.07) is 11.8. The summed E-state index contributed by atoms with van der Waals surface area (Å²) < 4.78 is 30.3. The van der Waals surface area contributed by atoms with Gasteiger partial charge in [-0.2, -0.15) is 0 Å². The summed E-state index contributed by atoms with van der Waals surface area (Å²) in [5.41, 5.74) is 0.945. The minimum absolute atomic E-state index is 0.0494. The van der Waals surface area contributed by atoms with Gasteiger partial charge < -0.3 is 9.73 Å². The quantitative estimate of drug-likeness (QED) is 0.879. The van der Waals surface area contributed by atoms with E-state index in [4.69, 9.17) is 4.42 Å². The Morgan fingerprint density at radius 1 is 1.14 bits per heavy atom. The molecule has 0 spiro atoms. The molecule has 2 N–H and O–H groups in total. The predicted octanol–water partition coefficient (Wildman–Crippen LogP) is 1.68. The summed E-state index contributed by atoms with van der Waals surface area (Å²) in [4.78, 5) is 12.0. The van der Waals surface area contributed by atoms with E-state index in [1.54, 1.807) is 0 Å². The molecule has 7 heteroatoms. The second kappa shape index (κ2) is 6.11. The second-order valence-electron chi connectivity index (χ2n) is 4.43. The van der Waals surface area contributed by atoms with Crippen LogP contribution in [0.3, 0.4) is 0 Å². The van der Waals surface area contributed by atoms with E-state index >= 15 is 0 Å². The van der Waals surface area contributed by atoms with Gasteiger partial charge in [-0.15, -0.1) is 0 Å². The monoisotopic (exact) mass is 308 g/mol. The van der Waals surface area contributed by atoms with Gasteiger partial charge in [0.15, 0.2) is 5.76 Å². The number of benzene rings is 1. The molecule has 0 unspecified atom stereocenters. The number of hydrogen-bond acceptors (Lipinski definition) is 4. The third-order valence-corrected chi connectivity index (χ3v) is 4.27. The van der Waals surface area contributed by atoms with Crippen LogP contribution in [0.15, 0.2) is 52.0 Å². The normalized spacial score (nSPS) is 12.9. The van der Waals surface area contributed by atoms with Crippen molar-refractivity contribution in [2.24, 2.45) is 0 Å². The van der Waals surface area contributed by atoms with Crippen LogP contribution < -0.4 is 10.0 Å². The van der Waals surface area contributed by atoms with E-state index in [2.05, 4.69) is 10.0 Å². The summed E-state index contributed by atoms with van der Waals surface area (Å²) in [5.74, 6) is -0.518. The van der Waals surface area contributed by atoms with E-state index in [9.17, 15) is 13.2 Å². The van der Waals surface area contributed by atoms with E-state index in [-0.39, 0.29) is 16.9 Å². The maximum absolute atomic E-state index is 12.0. The first-order chi connectivity index (χ1) is 9.94. The molecule has 1 aromatic carbocycles. The Hall–Kier alpha value is -2.12. The van der Waals surface area contributed by atoms with Gasteiger partial charge in [-0.05, 0) is 31.7 Å². The number of carbonyl (C=O) groups excluding carboxylic acids is 1. The molecule has 1 atom stereocenters. The van der Waals surface area contributed by atoms with E-state index in [0.29, 0.717) is 0 Å². The molecule has 0 bridgehead atoms. The highest BCUT2D eigenvalue weighted by Gasteiger charge is 2.20. The van der Waals surface area contributed by atoms with Crippen molar-refractivity contribution in [1.82, 2.24) is 10.0 Å². The molecule has 0 aliphatic carbocycles. The highest BCUT2D eigenvalue weighted by atomic mass is 32.2. The fourth-order valence-corrected chi connectivity index (χ4v) is 2.43. The first kappa shape index (κ1) is 15.3. The summed E-state index contributed by atoms with van der Waals surface area (Å²) in [7, 11) is -2.42. The Labute approximate surface area is 123 Å². The molecule has 1 aromatic heterocycles. The molecule has 2 aromatic rings. The number of nitrogens with one attached hydrogen (secondary N) is 2. The Balaban J connectivity index is 2.11. The summed E-state index contributed by atoms with van der Waals surface area (Å²) >= 11 is 0. The lowest BCUT2D eigenvalue weighted by molar-refractivity contribution is 0.0906. The van der Waals surface area contributed by atoms with Crippen LogP contribution in [0, 0.1) is 0 Å². The number of rotatable bonds is 5. The molecule has 1 heterocycles. The largest absolute Gasteiger partial charge is 0.438 e. The number of hydrogen-bond donors (Lipinski definition) is 2. The van der Waals surface area contributed by atoms with Crippen LogP contribution in [0.5, 0.6) is 0 Å². The third-order valence-electron chi connectivity index (χ3n) is 2.99. The van der Waals surface area contributed by atoms with Gasteiger partial charge in [-0.1, -0.05) is 30.3 Å². The molecule has 0 fully saturated rings. The van der Waals surface area contributed by atoms with Crippen molar-refractivity contribution in [3.63, 3.8) is 0 Å². The summed E-state index contributed by atoms with van der Waals surface area (Å²) in [6.45, 7) is 1.83. The van der Waals surface area contributed by atoms with Gasteiger partial charge >= 0.3 is 0 Å². The molecule has 0 radical (unpaired) electrons. The molecule has 112 valence electrons. The molecule has 0 saturated carbocycles. The Kier molecular flexibility index (Phi) is 4.44. The highest BCUT2D eigenvalue weighted by molar-refractivity contribution is 7.89. The minimum Gasteiger partial charge on any atom is -0.438 e. The number of carbonyl (C=O) groups is 1. The van der Waals surface area contributed by atoms with Crippen LogP contribution in [0.2, 0.25) is 0 Å². The van der Waals surface area contributed by atoms with Gasteiger partial charge in [-0.3, -0.25) is 4.79 Å². The molecule has 1 amide bonds. The maximum atomic E-state index is 12.0. The van der Waals surface area contributed by atoms with E-state index < -0.39 is 15.9 Å². The zero-order valence-electron chi connectivity index (χ0n) is 11.7. The zero-order chi connectivity index (χ0) is 15.5. The van der Waals surface area contributed by atoms with Crippen molar-refractivity contribution in [2.45, 2.75) is 18.1 Å². The molecule has 2 rings (SSSR count). The molecule has 0 aliphatic rings. The lowest BCUT2D eigenvalue weighted by Crippen LogP contribution is -2.26. The van der Waals surface area contributed by atoms with Crippen molar-refractivity contribution in [3.8, 4) is 0 Å². The molecule has 0 aliphatic heterocycles. The van der Waals surface area contributed by atoms with Crippen molar-refractivity contribution >= 4 is 15.9 Å². The van der Waals surface area contributed by atoms with Crippen molar-refractivity contribution < 1.29 is 17.6 Å². The van der Waals surface area contributed by atoms with Crippen LogP contribution in [0.4, 0.5) is 0 Å². The Bertz CT molecular complexity index is 722. The van der Waals surface area contributed by atoms with Crippen LogP contribution >= 0.6 is 0 Å². The molecule has 6 nitrogen and oxygen atoms in total. The van der Waals surface area contributed by atoms with Gasteiger partial charge in [0.05, 0.1) is 6.04 Å². The van der Waals surface area contributed by atoms with E-state index in [0.717, 1.165) is 5.56 Å². The Morgan fingerprint density at radius 3 is 2.43 bits per heavy atom. The van der Waals surface area contributed by atoms with Crippen molar-refractivity contribution in [2.75, 3.05) is 7.05 Å². The van der Waals surface area contributed by atoms with Crippen molar-refractivity contribution in [1.29, 1.82) is 0 Å². The van der Waals surface area contributed by atoms with E-state index in [1.165, 1.54) is 19.2 Å². The molecular weight excluding hydrogens is 292 g/mol. The Morgan fingerprint density at radius 2 is 1.81 bits per heavy atom. The first-order valence-electron chi connectivity index (χ1n) is 6.33. The first-order valence-corrected chi connectivity index (χ1v) is 7.81. The van der Waals surface area contributed by atoms with Crippen LogP contribution in [0.25, 0.3) is 0 Å². The zero-order valence-corrected chi connectivity index (χ0v) is 12.5. The highest BCUT2D eigenvalue weighted by Crippen LogP contribution is 2.16. The average molecular weight is 308 g/mol. The lowest BCUT2D eigenvalue weighted by Gasteiger charge is -2.12.